The maximum Gasteiger partial charge on any atom is 0.303 e. The number of aryl methyl sites for hydroxylation is 2. The lowest BCUT2D eigenvalue weighted by atomic mass is 10.1. The van der Waals surface area contributed by atoms with Crippen molar-refractivity contribution >= 4 is 21.7 Å². The molecule has 9 heteroatoms. The molecule has 8 nitrogen and oxygen atoms in total. The lowest BCUT2D eigenvalue weighted by Crippen LogP contribution is -2.13. The van der Waals surface area contributed by atoms with E-state index in [9.17, 15) is 13.2 Å². The number of nitrogens with zero attached hydrogens (tertiary/aromatic N) is 3. The Balaban J connectivity index is 1.47. The van der Waals surface area contributed by atoms with E-state index >= 15 is 0 Å². The summed E-state index contributed by atoms with van der Waals surface area (Å²) in [6, 6.07) is 13.4. The summed E-state index contributed by atoms with van der Waals surface area (Å²) < 4.78 is 30.1. The zero-order valence-electron chi connectivity index (χ0n) is 17.0. The van der Waals surface area contributed by atoms with E-state index < -0.39 is 16.0 Å². The number of carboxylic acid groups (broad SMARTS) is 1. The Kier molecular flexibility index (Phi) is 6.03. The van der Waals surface area contributed by atoms with E-state index in [2.05, 4.69) is 19.5 Å². The van der Waals surface area contributed by atoms with Crippen molar-refractivity contribution in [1.29, 1.82) is 0 Å². The molecule has 0 saturated carbocycles. The van der Waals surface area contributed by atoms with E-state index in [1.165, 1.54) is 18.6 Å². The molecule has 0 aliphatic carbocycles. The molecule has 0 unspecified atom stereocenters. The molecule has 0 radical (unpaired) electrons. The van der Waals surface area contributed by atoms with Crippen LogP contribution in [0.25, 0.3) is 11.4 Å². The second kappa shape index (κ2) is 8.89. The average Bonchev–Trinajstić information content (AvgIpc) is 3.01. The van der Waals surface area contributed by atoms with Crippen molar-refractivity contribution in [2.45, 2.75) is 50.0 Å². The largest absolute Gasteiger partial charge is 0.481 e. The van der Waals surface area contributed by atoms with Crippen molar-refractivity contribution in [2.24, 2.45) is 0 Å². The van der Waals surface area contributed by atoms with Gasteiger partial charge in [0.1, 0.15) is 5.82 Å². The summed E-state index contributed by atoms with van der Waals surface area (Å²) in [7, 11) is -3.75. The molecule has 0 saturated heterocycles. The molecule has 0 spiro atoms. The number of benzene rings is 2. The van der Waals surface area contributed by atoms with Gasteiger partial charge in [-0.2, -0.15) is 0 Å². The number of anilines is 1. The molecule has 4 rings (SSSR count). The van der Waals surface area contributed by atoms with Crippen molar-refractivity contribution in [1.82, 2.24) is 14.8 Å². The number of nitrogens with one attached hydrogen (secondary N) is 1. The fourth-order valence-electron chi connectivity index (χ4n) is 3.69. The lowest BCUT2D eigenvalue weighted by Gasteiger charge is -2.10. The quantitative estimate of drug-likeness (QED) is 0.581. The van der Waals surface area contributed by atoms with Gasteiger partial charge in [0.15, 0.2) is 5.82 Å². The Morgan fingerprint density at radius 2 is 1.74 bits per heavy atom. The molecule has 1 aromatic heterocycles. The summed E-state index contributed by atoms with van der Waals surface area (Å²) in [5.41, 5.74) is 2.12. The minimum Gasteiger partial charge on any atom is -0.481 e. The zero-order chi connectivity index (χ0) is 21.8. The normalized spacial score (nSPS) is 13.9. The molecule has 162 valence electrons. The van der Waals surface area contributed by atoms with Gasteiger partial charge in [-0.25, -0.2) is 8.42 Å². The van der Waals surface area contributed by atoms with Crippen LogP contribution in [0.4, 0.5) is 5.69 Å². The molecule has 2 N–H and O–H groups in total. The third-order valence-corrected chi connectivity index (χ3v) is 6.76. The molecule has 3 aromatic rings. The highest BCUT2D eigenvalue weighted by Gasteiger charge is 2.17. The number of hydrogen-bond donors (Lipinski definition) is 2. The number of aromatic nitrogens is 3. The number of rotatable bonds is 7. The number of hydrogen-bond acceptors (Lipinski definition) is 5. The highest BCUT2D eigenvalue weighted by atomic mass is 32.2. The molecule has 0 bridgehead atoms. The summed E-state index contributed by atoms with van der Waals surface area (Å²) in [6.45, 7) is 0.897. The number of aliphatic carboxylic acids is 1. The standard InChI is InChI=1S/C22H24N4O4S/c27-21(28)14-7-16-5-12-19(13-6-16)31(29,30)25-18-10-8-17(9-11-18)22-24-23-20-4-2-1-3-15-26(20)22/h5-6,8-13,25H,1-4,7,14-15H2,(H,27,28). The minimum atomic E-state index is -3.75. The third kappa shape index (κ3) is 4.93. The van der Waals surface area contributed by atoms with Crippen LogP contribution >= 0.6 is 0 Å². The van der Waals surface area contributed by atoms with Gasteiger partial charge >= 0.3 is 5.97 Å². The minimum absolute atomic E-state index is 0.00590. The Labute approximate surface area is 181 Å². The summed E-state index contributed by atoms with van der Waals surface area (Å²) >= 11 is 0. The Morgan fingerprint density at radius 3 is 2.45 bits per heavy atom. The van der Waals surface area contributed by atoms with Crippen LogP contribution < -0.4 is 4.72 Å². The molecule has 1 aliphatic heterocycles. The number of fused-ring (bicyclic) bond motifs is 1. The van der Waals surface area contributed by atoms with Crippen LogP contribution in [0.5, 0.6) is 0 Å². The van der Waals surface area contributed by atoms with Crippen molar-refractivity contribution in [2.75, 3.05) is 4.72 Å². The van der Waals surface area contributed by atoms with Crippen molar-refractivity contribution in [3.63, 3.8) is 0 Å². The van der Waals surface area contributed by atoms with Gasteiger partial charge in [0.2, 0.25) is 0 Å². The van der Waals surface area contributed by atoms with Crippen LogP contribution in [-0.2, 0) is 34.2 Å². The SMILES string of the molecule is O=C(O)CCc1ccc(S(=O)(=O)Nc2ccc(-c3nnc4n3CCCCC4)cc2)cc1. The first-order chi connectivity index (χ1) is 14.9. The van der Waals surface area contributed by atoms with E-state index in [0.29, 0.717) is 12.1 Å². The second-order valence-corrected chi connectivity index (χ2v) is 9.31. The van der Waals surface area contributed by atoms with Gasteiger partial charge < -0.3 is 9.67 Å². The molecule has 0 fully saturated rings. The summed E-state index contributed by atoms with van der Waals surface area (Å²) in [6.07, 6.45) is 4.71. The summed E-state index contributed by atoms with van der Waals surface area (Å²) in [5, 5.41) is 17.4. The van der Waals surface area contributed by atoms with E-state index in [-0.39, 0.29) is 11.3 Å². The summed E-state index contributed by atoms with van der Waals surface area (Å²) in [4.78, 5) is 10.8. The number of carboxylic acids is 1. The third-order valence-electron chi connectivity index (χ3n) is 5.37. The van der Waals surface area contributed by atoms with Crippen LogP contribution in [0.2, 0.25) is 0 Å². The van der Waals surface area contributed by atoms with Crippen LogP contribution in [0, 0.1) is 0 Å². The van der Waals surface area contributed by atoms with E-state index in [1.54, 1.807) is 24.3 Å². The van der Waals surface area contributed by atoms with Gasteiger partial charge in [0.25, 0.3) is 10.0 Å². The predicted octanol–water partition coefficient (Wildman–Crippen LogP) is 3.49. The highest BCUT2D eigenvalue weighted by molar-refractivity contribution is 7.92. The summed E-state index contributed by atoms with van der Waals surface area (Å²) in [5.74, 6) is 0.927. The fraction of sp³-hybridized carbons (Fsp3) is 0.318. The Morgan fingerprint density at radius 1 is 1.00 bits per heavy atom. The van der Waals surface area contributed by atoms with Gasteiger partial charge in [-0.3, -0.25) is 9.52 Å². The molecule has 1 aliphatic rings. The first kappa shape index (κ1) is 21.0. The van der Waals surface area contributed by atoms with Crippen molar-refractivity contribution < 1.29 is 18.3 Å². The van der Waals surface area contributed by atoms with Crippen LogP contribution in [-0.4, -0.2) is 34.3 Å². The van der Waals surface area contributed by atoms with E-state index in [1.807, 2.05) is 12.1 Å². The topological polar surface area (TPSA) is 114 Å². The number of carbonyl (C=O) groups is 1. The first-order valence-electron chi connectivity index (χ1n) is 10.3. The molecule has 0 atom stereocenters. The van der Waals surface area contributed by atoms with E-state index in [4.69, 9.17) is 5.11 Å². The number of sulfonamides is 1. The molecule has 0 amide bonds. The monoisotopic (exact) mass is 440 g/mol. The molecule has 2 heterocycles. The van der Waals surface area contributed by atoms with Gasteiger partial charge in [-0.05, 0) is 61.2 Å². The Hall–Kier alpha value is -3.20. The van der Waals surface area contributed by atoms with Crippen LogP contribution in [0.15, 0.2) is 53.4 Å². The van der Waals surface area contributed by atoms with Gasteiger partial charge in [0, 0.05) is 30.6 Å². The van der Waals surface area contributed by atoms with Crippen molar-refractivity contribution in [3.05, 3.63) is 59.9 Å². The molecular formula is C22H24N4O4S. The van der Waals surface area contributed by atoms with Gasteiger partial charge in [-0.15, -0.1) is 10.2 Å². The second-order valence-electron chi connectivity index (χ2n) is 7.62. The Bertz CT molecular complexity index is 1170. The first-order valence-corrected chi connectivity index (χ1v) is 11.8. The zero-order valence-corrected chi connectivity index (χ0v) is 17.8. The van der Waals surface area contributed by atoms with Crippen LogP contribution in [0.3, 0.4) is 0 Å². The van der Waals surface area contributed by atoms with Crippen molar-refractivity contribution in [3.8, 4) is 11.4 Å². The average molecular weight is 441 g/mol. The maximum atomic E-state index is 12.7. The van der Waals surface area contributed by atoms with Gasteiger partial charge in [0.05, 0.1) is 4.90 Å². The molecular weight excluding hydrogens is 416 g/mol. The van der Waals surface area contributed by atoms with E-state index in [0.717, 1.165) is 48.6 Å². The van der Waals surface area contributed by atoms with Gasteiger partial charge in [-0.1, -0.05) is 18.6 Å². The van der Waals surface area contributed by atoms with Crippen LogP contribution in [0.1, 0.15) is 37.1 Å². The maximum absolute atomic E-state index is 12.7. The molecule has 31 heavy (non-hydrogen) atoms. The molecule has 2 aromatic carbocycles. The lowest BCUT2D eigenvalue weighted by molar-refractivity contribution is -0.136. The predicted molar refractivity (Wildman–Crippen MR) is 116 cm³/mol. The smallest absolute Gasteiger partial charge is 0.303 e. The highest BCUT2D eigenvalue weighted by Crippen LogP contribution is 2.25. The fourth-order valence-corrected chi connectivity index (χ4v) is 4.75.